The van der Waals surface area contributed by atoms with Crippen molar-refractivity contribution < 1.29 is 19.9 Å². The van der Waals surface area contributed by atoms with E-state index in [0.29, 0.717) is 16.2 Å². The van der Waals surface area contributed by atoms with Crippen LogP contribution in [0.5, 0.6) is 0 Å². The molecule has 0 saturated heterocycles. The molecule has 2 aromatic carbocycles. The van der Waals surface area contributed by atoms with Crippen molar-refractivity contribution in [3.05, 3.63) is 72.0 Å². The van der Waals surface area contributed by atoms with Gasteiger partial charge in [0.05, 0.1) is 6.61 Å². The van der Waals surface area contributed by atoms with Gasteiger partial charge in [0.1, 0.15) is 5.76 Å². The maximum atomic E-state index is 14.0. The largest absolute Gasteiger partial charge is 0.509 e. The van der Waals surface area contributed by atoms with Gasteiger partial charge in [0.15, 0.2) is 7.14 Å². The third kappa shape index (κ3) is 2.86. The summed E-state index contributed by atoms with van der Waals surface area (Å²) < 4.78 is 14.0. The SMILES string of the molecule is CC(C)=C(O)C(O)(CO)P(=O)(c1ccccc1)c1ccccc1. The van der Waals surface area contributed by atoms with Crippen molar-refractivity contribution in [2.45, 2.75) is 19.2 Å². The Hall–Kier alpha value is -1.87. The van der Waals surface area contributed by atoms with Gasteiger partial charge in [0.25, 0.3) is 0 Å². The van der Waals surface area contributed by atoms with Gasteiger partial charge in [-0.05, 0) is 19.4 Å². The Morgan fingerprint density at radius 2 is 1.35 bits per heavy atom. The number of aliphatic hydroxyl groups excluding tert-OH is 2. The molecule has 0 spiro atoms. The lowest BCUT2D eigenvalue weighted by molar-refractivity contribution is 0.0494. The van der Waals surface area contributed by atoms with Gasteiger partial charge in [-0.15, -0.1) is 0 Å². The summed E-state index contributed by atoms with van der Waals surface area (Å²) in [5.74, 6) is -0.462. The monoisotopic (exact) mass is 332 g/mol. The van der Waals surface area contributed by atoms with E-state index in [-0.39, 0.29) is 0 Å². The highest BCUT2D eigenvalue weighted by molar-refractivity contribution is 7.80. The summed E-state index contributed by atoms with van der Waals surface area (Å²) in [6, 6.07) is 16.9. The number of benzene rings is 2. The molecular formula is C18H21O4P. The summed E-state index contributed by atoms with van der Waals surface area (Å²) in [6.45, 7) is 2.33. The van der Waals surface area contributed by atoms with E-state index in [2.05, 4.69) is 0 Å². The highest BCUT2D eigenvalue weighted by atomic mass is 31.2. The Balaban J connectivity index is 2.84. The molecule has 23 heavy (non-hydrogen) atoms. The maximum Gasteiger partial charge on any atom is 0.205 e. The summed E-state index contributed by atoms with van der Waals surface area (Å²) in [6.07, 6.45) is 0. The first-order valence-corrected chi connectivity index (χ1v) is 9.00. The van der Waals surface area contributed by atoms with E-state index >= 15 is 0 Å². The third-order valence-electron chi connectivity index (χ3n) is 3.83. The minimum atomic E-state index is -3.76. The van der Waals surface area contributed by atoms with Crippen LogP contribution in [0.15, 0.2) is 72.0 Å². The molecule has 122 valence electrons. The summed E-state index contributed by atoms with van der Waals surface area (Å²) in [5.41, 5.74) is 0.397. The van der Waals surface area contributed by atoms with E-state index in [0.717, 1.165) is 0 Å². The van der Waals surface area contributed by atoms with E-state index in [4.69, 9.17) is 0 Å². The molecule has 5 heteroatoms. The van der Waals surface area contributed by atoms with E-state index < -0.39 is 24.9 Å². The fraction of sp³-hybridized carbons (Fsp3) is 0.222. The molecule has 0 aliphatic carbocycles. The predicted molar refractivity (Wildman–Crippen MR) is 92.8 cm³/mol. The predicted octanol–water partition coefficient (Wildman–Crippen LogP) is 2.53. The second-order valence-corrected chi connectivity index (χ2v) is 8.59. The van der Waals surface area contributed by atoms with Crippen molar-refractivity contribution in [3.63, 3.8) is 0 Å². The Labute approximate surface area is 136 Å². The third-order valence-corrected chi connectivity index (χ3v) is 7.28. The van der Waals surface area contributed by atoms with Crippen LogP contribution in [-0.4, -0.2) is 27.3 Å². The average molecular weight is 332 g/mol. The Kier molecular flexibility index (Phi) is 5.10. The van der Waals surface area contributed by atoms with E-state index in [9.17, 15) is 19.9 Å². The zero-order valence-corrected chi connectivity index (χ0v) is 14.1. The summed E-state index contributed by atoms with van der Waals surface area (Å²) in [7, 11) is -3.76. The van der Waals surface area contributed by atoms with Crippen LogP contribution >= 0.6 is 7.14 Å². The van der Waals surface area contributed by atoms with Crippen molar-refractivity contribution in [2.75, 3.05) is 6.61 Å². The number of hydrogen-bond donors (Lipinski definition) is 3. The zero-order chi connectivity index (χ0) is 17.1. The van der Waals surface area contributed by atoms with Crippen LogP contribution in [0, 0.1) is 0 Å². The van der Waals surface area contributed by atoms with Gasteiger partial charge < -0.3 is 19.9 Å². The van der Waals surface area contributed by atoms with Crippen molar-refractivity contribution in [1.29, 1.82) is 0 Å². The minimum Gasteiger partial charge on any atom is -0.509 e. The maximum absolute atomic E-state index is 14.0. The van der Waals surface area contributed by atoms with E-state index in [1.54, 1.807) is 74.5 Å². The number of rotatable bonds is 5. The van der Waals surface area contributed by atoms with Gasteiger partial charge in [0.2, 0.25) is 5.34 Å². The molecule has 2 aromatic rings. The van der Waals surface area contributed by atoms with Gasteiger partial charge in [-0.3, -0.25) is 0 Å². The van der Waals surface area contributed by atoms with Crippen LogP contribution in [-0.2, 0) is 4.57 Å². The van der Waals surface area contributed by atoms with Crippen molar-refractivity contribution in [2.24, 2.45) is 0 Å². The first-order valence-electron chi connectivity index (χ1n) is 7.29. The topological polar surface area (TPSA) is 77.8 Å². The van der Waals surface area contributed by atoms with E-state index in [1.807, 2.05) is 0 Å². The lowest BCUT2D eigenvalue weighted by Crippen LogP contribution is -2.43. The lowest BCUT2D eigenvalue weighted by atomic mass is 10.2. The zero-order valence-electron chi connectivity index (χ0n) is 13.2. The molecule has 0 radical (unpaired) electrons. The van der Waals surface area contributed by atoms with Gasteiger partial charge in [0, 0.05) is 10.6 Å². The molecule has 0 aliphatic rings. The molecule has 0 aromatic heterocycles. The molecule has 3 N–H and O–H groups in total. The second-order valence-electron chi connectivity index (χ2n) is 5.60. The summed E-state index contributed by atoms with van der Waals surface area (Å²) in [4.78, 5) is 0. The molecule has 0 aliphatic heterocycles. The summed E-state index contributed by atoms with van der Waals surface area (Å²) in [5, 5.41) is 29.8. The lowest BCUT2D eigenvalue weighted by Gasteiger charge is -2.35. The molecule has 0 fully saturated rings. The molecule has 0 heterocycles. The van der Waals surface area contributed by atoms with Gasteiger partial charge in [-0.2, -0.15) is 0 Å². The molecule has 1 unspecified atom stereocenters. The summed E-state index contributed by atoms with van der Waals surface area (Å²) >= 11 is 0. The number of aliphatic hydroxyl groups is 3. The fourth-order valence-corrected chi connectivity index (χ4v) is 5.63. The molecule has 0 bridgehead atoms. The second kappa shape index (κ2) is 6.71. The van der Waals surface area contributed by atoms with Crippen LogP contribution in [0.3, 0.4) is 0 Å². The van der Waals surface area contributed by atoms with Crippen molar-refractivity contribution in [1.82, 2.24) is 0 Å². The number of hydrogen-bond acceptors (Lipinski definition) is 4. The Morgan fingerprint density at radius 1 is 0.957 bits per heavy atom. The normalized spacial score (nSPS) is 14.1. The van der Waals surface area contributed by atoms with Crippen molar-refractivity contribution in [3.8, 4) is 0 Å². The highest BCUT2D eigenvalue weighted by Gasteiger charge is 2.52. The standard InChI is InChI=1S/C18H21O4P/c1-14(2)17(20)18(21,13-19)23(22,15-9-5-3-6-10-15)16-11-7-4-8-12-16/h3-12,19-21H,13H2,1-2H3. The van der Waals surface area contributed by atoms with Crippen molar-refractivity contribution >= 4 is 17.8 Å². The van der Waals surface area contributed by atoms with E-state index in [1.165, 1.54) is 0 Å². The van der Waals surface area contributed by atoms with Gasteiger partial charge in [-0.1, -0.05) is 60.7 Å². The van der Waals surface area contributed by atoms with Gasteiger partial charge >= 0.3 is 0 Å². The Morgan fingerprint density at radius 3 is 1.65 bits per heavy atom. The highest BCUT2D eigenvalue weighted by Crippen LogP contribution is 2.57. The number of allylic oxidation sites excluding steroid dienone is 1. The first-order chi connectivity index (χ1) is 10.9. The molecule has 0 saturated carbocycles. The average Bonchev–Trinajstić information content (AvgIpc) is 2.61. The molecule has 1 atom stereocenters. The minimum absolute atomic E-state index is 0.371. The quantitative estimate of drug-likeness (QED) is 0.581. The molecule has 4 nitrogen and oxygen atoms in total. The van der Waals surface area contributed by atoms with Crippen LogP contribution < -0.4 is 10.6 Å². The molecule has 2 rings (SSSR count). The molecular weight excluding hydrogens is 311 g/mol. The van der Waals surface area contributed by atoms with Crippen LogP contribution in [0.25, 0.3) is 0 Å². The van der Waals surface area contributed by atoms with Crippen LogP contribution in [0.1, 0.15) is 13.8 Å². The smallest absolute Gasteiger partial charge is 0.205 e. The van der Waals surface area contributed by atoms with Crippen LogP contribution in [0.4, 0.5) is 0 Å². The fourth-order valence-electron chi connectivity index (χ4n) is 2.58. The molecule has 0 amide bonds. The first kappa shape index (κ1) is 17.5. The van der Waals surface area contributed by atoms with Crippen LogP contribution in [0.2, 0.25) is 0 Å². The van der Waals surface area contributed by atoms with Gasteiger partial charge in [-0.25, -0.2) is 0 Å². The Bertz CT molecular complexity index is 693.